The lowest BCUT2D eigenvalue weighted by Crippen LogP contribution is -2.54. The molecule has 0 amide bonds. The number of methoxy groups -OCH3 is 1. The summed E-state index contributed by atoms with van der Waals surface area (Å²) in [6, 6.07) is 8.72. The molecule has 2 aromatic rings. The van der Waals surface area contributed by atoms with Crippen LogP contribution in [0.2, 0.25) is 0 Å². The standard InChI is InChI=1S/C25H32O9/c1-12-5-16-14(7-19(12)28)6-15(9-26)17(10-33-25-24(31)23(30)20(29)11-34-25)22(16)13-3-4-18(27)21(8-13)32-2/h3-5,7-8,15,17,20,22-31H,6,9-11H2,1-2H3/t15-,17-,20-,22?,23+,24-,25-/m1/s1. The third-order valence-electron chi connectivity index (χ3n) is 7.01. The molecule has 186 valence electrons. The first kappa shape index (κ1) is 24.7. The van der Waals surface area contributed by atoms with Crippen LogP contribution in [-0.2, 0) is 15.9 Å². The van der Waals surface area contributed by atoms with Gasteiger partial charge < -0.3 is 44.8 Å². The Labute approximate surface area is 197 Å². The predicted molar refractivity (Wildman–Crippen MR) is 121 cm³/mol. The molecule has 1 aliphatic carbocycles. The molecular weight excluding hydrogens is 444 g/mol. The molecule has 6 N–H and O–H groups in total. The number of fused-ring (bicyclic) bond motifs is 1. The molecule has 1 unspecified atom stereocenters. The van der Waals surface area contributed by atoms with Crippen LogP contribution in [0.25, 0.3) is 0 Å². The van der Waals surface area contributed by atoms with Crippen LogP contribution in [0.15, 0.2) is 30.3 Å². The maximum Gasteiger partial charge on any atom is 0.186 e. The second-order valence-electron chi connectivity index (χ2n) is 9.14. The van der Waals surface area contributed by atoms with Gasteiger partial charge in [-0.15, -0.1) is 0 Å². The van der Waals surface area contributed by atoms with E-state index in [2.05, 4.69) is 0 Å². The van der Waals surface area contributed by atoms with E-state index < -0.39 is 24.6 Å². The SMILES string of the molecule is COc1cc(C2c3cc(C)c(O)cc3C[C@H](CO)[C@H]2CO[C@@H]2OC[C@@H](O)[C@H](O)[C@H]2O)ccc1O. The quantitative estimate of drug-likeness (QED) is 0.356. The zero-order valence-corrected chi connectivity index (χ0v) is 19.2. The van der Waals surface area contributed by atoms with Gasteiger partial charge >= 0.3 is 0 Å². The largest absolute Gasteiger partial charge is 0.508 e. The lowest BCUT2D eigenvalue weighted by molar-refractivity contribution is -0.274. The molecule has 7 atom stereocenters. The summed E-state index contributed by atoms with van der Waals surface area (Å²) in [5.74, 6) is -0.305. The summed E-state index contributed by atoms with van der Waals surface area (Å²) in [7, 11) is 1.47. The van der Waals surface area contributed by atoms with Gasteiger partial charge in [0, 0.05) is 12.5 Å². The summed E-state index contributed by atoms with van der Waals surface area (Å²) in [5, 5.41) is 60.6. The Kier molecular flexibility index (Phi) is 7.32. The van der Waals surface area contributed by atoms with E-state index in [4.69, 9.17) is 14.2 Å². The lowest BCUT2D eigenvalue weighted by atomic mass is 9.66. The van der Waals surface area contributed by atoms with Gasteiger partial charge in [0.15, 0.2) is 17.8 Å². The molecule has 0 radical (unpaired) electrons. The van der Waals surface area contributed by atoms with Gasteiger partial charge in [0.2, 0.25) is 0 Å². The Balaban J connectivity index is 1.72. The Hall–Kier alpha value is -2.40. The smallest absolute Gasteiger partial charge is 0.186 e. The van der Waals surface area contributed by atoms with E-state index in [0.717, 1.165) is 16.7 Å². The number of aliphatic hydroxyl groups excluding tert-OH is 4. The summed E-state index contributed by atoms with van der Waals surface area (Å²) >= 11 is 0. The number of aromatic hydroxyl groups is 2. The number of phenolic OH excluding ortho intramolecular Hbond substituents is 2. The van der Waals surface area contributed by atoms with Gasteiger partial charge in [0.25, 0.3) is 0 Å². The number of phenols is 2. The molecule has 0 saturated carbocycles. The Morgan fingerprint density at radius 2 is 1.79 bits per heavy atom. The highest BCUT2D eigenvalue weighted by molar-refractivity contribution is 5.51. The van der Waals surface area contributed by atoms with Crippen molar-refractivity contribution in [1.29, 1.82) is 0 Å². The molecule has 0 aromatic heterocycles. The highest BCUT2D eigenvalue weighted by Gasteiger charge is 2.42. The minimum atomic E-state index is -1.42. The average Bonchev–Trinajstić information content (AvgIpc) is 2.83. The molecule has 4 rings (SSSR count). The molecule has 0 spiro atoms. The first-order valence-electron chi connectivity index (χ1n) is 11.3. The van der Waals surface area contributed by atoms with Crippen molar-refractivity contribution in [3.8, 4) is 17.2 Å². The van der Waals surface area contributed by atoms with Crippen molar-refractivity contribution in [1.82, 2.24) is 0 Å². The number of rotatable bonds is 6. The Morgan fingerprint density at radius 1 is 1.03 bits per heavy atom. The zero-order chi connectivity index (χ0) is 24.6. The topological polar surface area (TPSA) is 149 Å². The van der Waals surface area contributed by atoms with Crippen molar-refractivity contribution >= 4 is 0 Å². The van der Waals surface area contributed by atoms with Crippen LogP contribution in [-0.4, -0.2) is 82.2 Å². The first-order chi connectivity index (χ1) is 16.2. The van der Waals surface area contributed by atoms with Gasteiger partial charge in [-0.3, -0.25) is 0 Å². The molecule has 1 heterocycles. The van der Waals surface area contributed by atoms with Crippen molar-refractivity contribution in [3.63, 3.8) is 0 Å². The molecule has 34 heavy (non-hydrogen) atoms. The van der Waals surface area contributed by atoms with Gasteiger partial charge in [0.1, 0.15) is 24.1 Å². The fraction of sp³-hybridized carbons (Fsp3) is 0.520. The third kappa shape index (κ3) is 4.59. The van der Waals surface area contributed by atoms with Crippen molar-refractivity contribution in [3.05, 3.63) is 52.6 Å². The number of hydrogen-bond donors (Lipinski definition) is 6. The van der Waals surface area contributed by atoms with Gasteiger partial charge in [-0.05, 0) is 65.6 Å². The van der Waals surface area contributed by atoms with Crippen LogP contribution in [0.4, 0.5) is 0 Å². The fourth-order valence-electron chi connectivity index (χ4n) is 5.04. The van der Waals surface area contributed by atoms with Crippen LogP contribution in [0.5, 0.6) is 17.2 Å². The molecular formula is C25H32O9. The van der Waals surface area contributed by atoms with Crippen molar-refractivity contribution < 1.29 is 44.8 Å². The molecule has 9 heteroatoms. The number of hydrogen-bond acceptors (Lipinski definition) is 9. The summed E-state index contributed by atoms with van der Waals surface area (Å²) in [5.41, 5.74) is 3.40. The maximum absolute atomic E-state index is 10.3. The zero-order valence-electron chi connectivity index (χ0n) is 19.2. The highest BCUT2D eigenvalue weighted by Crippen LogP contribution is 2.47. The molecule has 9 nitrogen and oxygen atoms in total. The summed E-state index contributed by atoms with van der Waals surface area (Å²) in [6.07, 6.45) is -4.62. The predicted octanol–water partition coefficient (Wildman–Crippen LogP) is 0.783. The lowest BCUT2D eigenvalue weighted by Gasteiger charge is -2.41. The third-order valence-corrected chi connectivity index (χ3v) is 7.01. The van der Waals surface area contributed by atoms with Gasteiger partial charge in [0.05, 0.1) is 20.3 Å². The minimum absolute atomic E-state index is 0.00181. The minimum Gasteiger partial charge on any atom is -0.508 e. The monoisotopic (exact) mass is 476 g/mol. The number of aryl methyl sites for hydroxylation is 1. The first-order valence-corrected chi connectivity index (χ1v) is 11.3. The molecule has 0 bridgehead atoms. The summed E-state index contributed by atoms with van der Waals surface area (Å²) < 4.78 is 16.6. The van der Waals surface area contributed by atoms with Crippen LogP contribution >= 0.6 is 0 Å². The number of ether oxygens (including phenoxy) is 3. The Morgan fingerprint density at radius 3 is 2.50 bits per heavy atom. The average molecular weight is 477 g/mol. The van der Waals surface area contributed by atoms with Gasteiger partial charge in [-0.1, -0.05) is 12.1 Å². The molecule has 2 aromatic carbocycles. The van der Waals surface area contributed by atoms with Crippen LogP contribution in [0, 0.1) is 18.8 Å². The van der Waals surface area contributed by atoms with Gasteiger partial charge in [-0.2, -0.15) is 0 Å². The van der Waals surface area contributed by atoms with Crippen LogP contribution in [0.1, 0.15) is 28.2 Å². The molecule has 1 saturated heterocycles. The van der Waals surface area contributed by atoms with E-state index in [-0.39, 0.29) is 49.1 Å². The molecule has 1 aliphatic heterocycles. The van der Waals surface area contributed by atoms with Crippen molar-refractivity contribution in [2.24, 2.45) is 11.8 Å². The van der Waals surface area contributed by atoms with E-state index in [1.54, 1.807) is 24.3 Å². The second kappa shape index (κ2) is 10.1. The van der Waals surface area contributed by atoms with E-state index in [9.17, 15) is 30.6 Å². The number of benzene rings is 2. The highest BCUT2D eigenvalue weighted by atomic mass is 16.7. The molecule has 1 fully saturated rings. The fourth-order valence-corrected chi connectivity index (χ4v) is 5.04. The van der Waals surface area contributed by atoms with Crippen molar-refractivity contribution in [2.75, 3.05) is 26.9 Å². The summed E-state index contributed by atoms with van der Waals surface area (Å²) in [4.78, 5) is 0. The normalized spacial score (nSPS) is 31.2. The molecule has 2 aliphatic rings. The Bertz CT molecular complexity index is 1010. The number of aliphatic hydroxyl groups is 4. The van der Waals surface area contributed by atoms with E-state index in [0.29, 0.717) is 17.7 Å². The van der Waals surface area contributed by atoms with Gasteiger partial charge in [-0.25, -0.2) is 0 Å². The second-order valence-corrected chi connectivity index (χ2v) is 9.14. The summed E-state index contributed by atoms with van der Waals surface area (Å²) in [6.45, 7) is 1.59. The van der Waals surface area contributed by atoms with E-state index in [1.807, 2.05) is 13.0 Å². The van der Waals surface area contributed by atoms with Crippen LogP contribution in [0.3, 0.4) is 0 Å². The van der Waals surface area contributed by atoms with Crippen LogP contribution < -0.4 is 4.74 Å². The van der Waals surface area contributed by atoms with E-state index in [1.165, 1.54) is 7.11 Å². The van der Waals surface area contributed by atoms with Crippen molar-refractivity contribution in [2.45, 2.75) is 43.9 Å². The van der Waals surface area contributed by atoms with E-state index >= 15 is 0 Å². The maximum atomic E-state index is 10.3.